The maximum atomic E-state index is 13.3. The Morgan fingerprint density at radius 2 is 2.12 bits per heavy atom. The van der Waals surface area contributed by atoms with Crippen molar-refractivity contribution in [2.24, 2.45) is 0 Å². The Kier molecular flexibility index (Phi) is 2.78. The number of rotatable bonds is 2. The van der Waals surface area contributed by atoms with E-state index in [1.165, 1.54) is 4.88 Å². The summed E-state index contributed by atoms with van der Waals surface area (Å²) in [5.74, 6) is 1.01. The SMILES string of the molecule is COc1ccccc1-n1c(=O)c2c3c(sc2n2nnnc12)CCC3. The van der Waals surface area contributed by atoms with Gasteiger partial charge in [-0.3, -0.25) is 4.79 Å². The summed E-state index contributed by atoms with van der Waals surface area (Å²) >= 11 is 1.62. The number of hydrogen-bond acceptors (Lipinski definition) is 6. The van der Waals surface area contributed by atoms with Crippen molar-refractivity contribution in [3.63, 3.8) is 0 Å². The number of fused-ring (bicyclic) bond motifs is 5. The van der Waals surface area contributed by atoms with E-state index in [0.717, 1.165) is 35.0 Å². The summed E-state index contributed by atoms with van der Waals surface area (Å²) in [6, 6.07) is 7.40. The predicted octanol–water partition coefficient (Wildman–Crippen LogP) is 1.99. The van der Waals surface area contributed by atoms with Crippen molar-refractivity contribution >= 4 is 27.3 Å². The van der Waals surface area contributed by atoms with Crippen LogP contribution in [0.25, 0.3) is 21.7 Å². The van der Waals surface area contributed by atoms with E-state index in [1.807, 2.05) is 24.3 Å². The zero-order valence-corrected chi connectivity index (χ0v) is 13.7. The molecule has 0 atom stereocenters. The molecule has 3 aromatic heterocycles. The largest absolute Gasteiger partial charge is 0.495 e. The van der Waals surface area contributed by atoms with E-state index in [-0.39, 0.29) is 5.56 Å². The lowest BCUT2D eigenvalue weighted by atomic mass is 10.2. The van der Waals surface area contributed by atoms with Crippen LogP contribution in [0.4, 0.5) is 0 Å². The minimum absolute atomic E-state index is 0.0869. The van der Waals surface area contributed by atoms with Gasteiger partial charge in [0.2, 0.25) is 0 Å². The Morgan fingerprint density at radius 3 is 3.00 bits per heavy atom. The Labute approximate surface area is 140 Å². The lowest BCUT2D eigenvalue weighted by Crippen LogP contribution is -2.22. The van der Waals surface area contributed by atoms with Crippen LogP contribution in [0.5, 0.6) is 5.75 Å². The van der Waals surface area contributed by atoms with E-state index >= 15 is 0 Å². The molecule has 0 spiro atoms. The van der Waals surface area contributed by atoms with Gasteiger partial charge in [0.25, 0.3) is 11.3 Å². The highest BCUT2D eigenvalue weighted by Gasteiger charge is 2.25. The molecule has 0 radical (unpaired) electrons. The normalized spacial score (nSPS) is 13.7. The molecular weight excluding hydrogens is 326 g/mol. The van der Waals surface area contributed by atoms with E-state index in [4.69, 9.17) is 4.74 Å². The molecule has 1 aliphatic carbocycles. The molecule has 8 heteroatoms. The number of aryl methyl sites for hydroxylation is 2. The van der Waals surface area contributed by atoms with Crippen molar-refractivity contribution < 1.29 is 4.74 Å². The molecule has 0 unspecified atom stereocenters. The number of ether oxygens (including phenoxy) is 1. The van der Waals surface area contributed by atoms with Crippen LogP contribution >= 0.6 is 11.3 Å². The lowest BCUT2D eigenvalue weighted by Gasteiger charge is -2.11. The number of para-hydroxylation sites is 2. The fourth-order valence-electron chi connectivity index (χ4n) is 3.45. The minimum Gasteiger partial charge on any atom is -0.495 e. The number of hydrogen-bond donors (Lipinski definition) is 0. The number of nitrogens with zero attached hydrogens (tertiary/aromatic N) is 5. The number of benzene rings is 1. The summed E-state index contributed by atoms with van der Waals surface area (Å²) in [7, 11) is 1.59. The van der Waals surface area contributed by atoms with Gasteiger partial charge in [0, 0.05) is 4.88 Å². The molecule has 0 amide bonds. The molecule has 0 N–H and O–H groups in total. The highest BCUT2D eigenvalue weighted by atomic mass is 32.1. The Balaban J connectivity index is 1.99. The van der Waals surface area contributed by atoms with E-state index < -0.39 is 0 Å². The van der Waals surface area contributed by atoms with Gasteiger partial charge in [0.15, 0.2) is 0 Å². The standard InChI is InChI=1S/C16H13N5O2S/c1-23-11-7-3-2-6-10(11)20-14(22)13-9-5-4-8-12(9)24-15(13)21-16(20)17-18-19-21/h2-3,6-7H,4-5,8H2,1H3. The highest BCUT2D eigenvalue weighted by Crippen LogP contribution is 2.36. The van der Waals surface area contributed by atoms with Crippen LogP contribution in [0.1, 0.15) is 16.9 Å². The summed E-state index contributed by atoms with van der Waals surface area (Å²) in [5.41, 5.74) is 1.71. The third-order valence-electron chi connectivity index (χ3n) is 4.49. The molecule has 7 nitrogen and oxygen atoms in total. The maximum Gasteiger partial charge on any atom is 0.268 e. The fourth-order valence-corrected chi connectivity index (χ4v) is 4.77. The molecule has 24 heavy (non-hydrogen) atoms. The Hall–Kier alpha value is -2.74. The van der Waals surface area contributed by atoms with E-state index in [2.05, 4.69) is 15.5 Å². The monoisotopic (exact) mass is 339 g/mol. The topological polar surface area (TPSA) is 74.3 Å². The first-order valence-electron chi connectivity index (χ1n) is 7.70. The third-order valence-corrected chi connectivity index (χ3v) is 5.76. The van der Waals surface area contributed by atoms with Gasteiger partial charge >= 0.3 is 0 Å². The van der Waals surface area contributed by atoms with Crippen LogP contribution in [0.15, 0.2) is 29.1 Å². The maximum absolute atomic E-state index is 13.3. The molecule has 0 fully saturated rings. The second-order valence-corrected chi connectivity index (χ2v) is 6.82. The number of aromatic nitrogens is 5. The van der Waals surface area contributed by atoms with Crippen molar-refractivity contribution in [2.75, 3.05) is 7.11 Å². The number of thiophene rings is 1. The zero-order valence-electron chi connectivity index (χ0n) is 12.9. The van der Waals surface area contributed by atoms with Crippen LogP contribution in [-0.4, -0.2) is 31.7 Å². The summed E-state index contributed by atoms with van der Waals surface area (Å²) < 4.78 is 8.64. The van der Waals surface area contributed by atoms with E-state index in [9.17, 15) is 4.79 Å². The fraction of sp³-hybridized carbons (Fsp3) is 0.250. The van der Waals surface area contributed by atoms with Crippen LogP contribution < -0.4 is 10.3 Å². The molecule has 0 bridgehead atoms. The van der Waals surface area contributed by atoms with Crippen molar-refractivity contribution in [1.29, 1.82) is 0 Å². The molecule has 1 aliphatic rings. The van der Waals surface area contributed by atoms with Gasteiger partial charge in [-0.1, -0.05) is 17.2 Å². The summed E-state index contributed by atoms with van der Waals surface area (Å²) in [6.45, 7) is 0. The van der Waals surface area contributed by atoms with Crippen LogP contribution in [0, 0.1) is 0 Å². The zero-order chi connectivity index (χ0) is 16.3. The van der Waals surface area contributed by atoms with Crippen molar-refractivity contribution in [3.8, 4) is 11.4 Å². The first-order valence-corrected chi connectivity index (χ1v) is 8.52. The molecule has 120 valence electrons. The number of tetrazole rings is 1. The molecule has 1 aromatic carbocycles. The number of methoxy groups -OCH3 is 1. The highest BCUT2D eigenvalue weighted by molar-refractivity contribution is 7.19. The van der Waals surface area contributed by atoms with Gasteiger partial charge in [0.05, 0.1) is 18.2 Å². The first-order chi connectivity index (χ1) is 11.8. The molecule has 5 rings (SSSR count). The quantitative estimate of drug-likeness (QED) is 0.558. The van der Waals surface area contributed by atoms with E-state index in [0.29, 0.717) is 17.2 Å². The average molecular weight is 339 g/mol. The average Bonchev–Trinajstić information content (AvgIpc) is 3.29. The molecular formula is C16H13N5O2S. The van der Waals surface area contributed by atoms with Crippen LogP contribution in [0.3, 0.4) is 0 Å². The molecule has 4 aromatic rings. The van der Waals surface area contributed by atoms with Gasteiger partial charge in [0.1, 0.15) is 10.6 Å². The lowest BCUT2D eigenvalue weighted by molar-refractivity contribution is 0.413. The molecule has 0 aliphatic heterocycles. The van der Waals surface area contributed by atoms with Crippen molar-refractivity contribution in [2.45, 2.75) is 19.3 Å². The first kappa shape index (κ1) is 13.7. The smallest absolute Gasteiger partial charge is 0.268 e. The molecule has 3 heterocycles. The van der Waals surface area contributed by atoms with Gasteiger partial charge in [-0.05, 0) is 47.4 Å². The van der Waals surface area contributed by atoms with Gasteiger partial charge in [-0.15, -0.1) is 11.3 Å². The summed E-state index contributed by atoms with van der Waals surface area (Å²) in [6.07, 6.45) is 3.05. The molecule has 0 saturated heterocycles. The van der Waals surface area contributed by atoms with Crippen molar-refractivity contribution in [1.82, 2.24) is 24.6 Å². The Bertz CT molecular complexity index is 1160. The van der Waals surface area contributed by atoms with Crippen LogP contribution in [0.2, 0.25) is 0 Å². The second kappa shape index (κ2) is 4.88. The van der Waals surface area contributed by atoms with Gasteiger partial charge < -0.3 is 4.74 Å². The summed E-state index contributed by atoms with van der Waals surface area (Å²) in [5, 5.41) is 12.7. The molecule has 0 saturated carbocycles. The summed E-state index contributed by atoms with van der Waals surface area (Å²) in [4.78, 5) is 15.4. The predicted molar refractivity (Wildman–Crippen MR) is 90.3 cm³/mol. The van der Waals surface area contributed by atoms with Gasteiger partial charge in [-0.25, -0.2) is 4.57 Å². The van der Waals surface area contributed by atoms with Crippen molar-refractivity contribution in [3.05, 3.63) is 45.1 Å². The Morgan fingerprint density at radius 1 is 1.25 bits per heavy atom. The third kappa shape index (κ3) is 1.66. The second-order valence-electron chi connectivity index (χ2n) is 5.74. The van der Waals surface area contributed by atoms with Gasteiger partial charge in [-0.2, -0.15) is 4.52 Å². The van der Waals surface area contributed by atoms with E-state index in [1.54, 1.807) is 27.5 Å². The minimum atomic E-state index is -0.0869. The van der Waals surface area contributed by atoms with Crippen LogP contribution in [-0.2, 0) is 12.8 Å².